The molecule has 3 rings (SSSR count). The summed E-state index contributed by atoms with van der Waals surface area (Å²) in [5, 5.41) is 7.43. The molecule has 0 unspecified atom stereocenters. The number of carbonyl (C=O) groups excluding carboxylic acids is 1. The van der Waals surface area contributed by atoms with Crippen LogP contribution in [0.1, 0.15) is 28.1 Å². The van der Waals surface area contributed by atoms with E-state index in [9.17, 15) is 4.79 Å². The van der Waals surface area contributed by atoms with Crippen LogP contribution in [-0.4, -0.2) is 29.9 Å². The fourth-order valence-electron chi connectivity index (χ4n) is 3.19. The fourth-order valence-corrected chi connectivity index (χ4v) is 3.19. The van der Waals surface area contributed by atoms with Gasteiger partial charge in [0, 0.05) is 24.4 Å². The van der Waals surface area contributed by atoms with Crippen LogP contribution >= 0.6 is 0 Å². The molecule has 1 heterocycles. The van der Waals surface area contributed by atoms with Gasteiger partial charge in [-0.25, -0.2) is 0 Å². The topological polar surface area (TPSA) is 65.4 Å². The molecule has 0 aliphatic carbocycles. The Kier molecular flexibility index (Phi) is 6.91. The lowest BCUT2D eigenvalue weighted by atomic mass is 10.1. The van der Waals surface area contributed by atoms with Gasteiger partial charge in [-0.1, -0.05) is 24.3 Å². The van der Waals surface area contributed by atoms with Gasteiger partial charge in [-0.15, -0.1) is 0 Å². The number of methoxy groups -OCH3 is 2. The number of benzene rings is 2. The van der Waals surface area contributed by atoms with Crippen molar-refractivity contribution in [1.29, 1.82) is 0 Å². The summed E-state index contributed by atoms with van der Waals surface area (Å²) in [5.41, 5.74) is 5.15. The molecule has 30 heavy (non-hydrogen) atoms. The first-order valence-electron chi connectivity index (χ1n) is 9.74. The summed E-state index contributed by atoms with van der Waals surface area (Å²) in [4.78, 5) is 12.2. The zero-order chi connectivity index (χ0) is 21.5. The second-order valence-corrected chi connectivity index (χ2v) is 7.10. The minimum Gasteiger partial charge on any atom is -0.497 e. The molecule has 0 atom stereocenters. The van der Waals surface area contributed by atoms with Crippen LogP contribution in [0.5, 0.6) is 11.5 Å². The average Bonchev–Trinajstić information content (AvgIpc) is 3.07. The highest BCUT2D eigenvalue weighted by atomic mass is 16.5. The summed E-state index contributed by atoms with van der Waals surface area (Å²) in [6.45, 7) is 5.20. The number of ether oxygens (including phenoxy) is 2. The number of hydrogen-bond donors (Lipinski definition) is 1. The van der Waals surface area contributed by atoms with Gasteiger partial charge in [-0.2, -0.15) is 5.10 Å². The standard InChI is InChI=1S/C24H27N3O3/c1-17-10-18(2)27(26-17)16-21-7-5-6-20(11-21)15-25-24(28)9-8-19-12-22(29-3)14-23(13-19)30-4/h5-14H,15-16H2,1-4H3,(H,25,28)/b9-8+. The molecule has 3 aromatic rings. The first-order valence-corrected chi connectivity index (χ1v) is 9.74. The molecule has 0 bridgehead atoms. The lowest BCUT2D eigenvalue weighted by molar-refractivity contribution is -0.116. The van der Waals surface area contributed by atoms with Crippen molar-refractivity contribution in [1.82, 2.24) is 15.1 Å². The van der Waals surface area contributed by atoms with E-state index in [-0.39, 0.29) is 5.91 Å². The smallest absolute Gasteiger partial charge is 0.244 e. The van der Waals surface area contributed by atoms with E-state index in [0.29, 0.717) is 24.6 Å². The largest absolute Gasteiger partial charge is 0.497 e. The molecule has 0 fully saturated rings. The Morgan fingerprint density at radius 1 is 1.03 bits per heavy atom. The van der Waals surface area contributed by atoms with E-state index in [1.54, 1.807) is 26.4 Å². The van der Waals surface area contributed by atoms with Gasteiger partial charge in [-0.05, 0) is 54.8 Å². The van der Waals surface area contributed by atoms with Crippen LogP contribution in [0.25, 0.3) is 6.08 Å². The van der Waals surface area contributed by atoms with Crippen LogP contribution in [0.4, 0.5) is 0 Å². The molecule has 0 saturated heterocycles. The molecule has 0 spiro atoms. The Morgan fingerprint density at radius 2 is 1.73 bits per heavy atom. The highest BCUT2D eigenvalue weighted by Crippen LogP contribution is 2.23. The molecule has 0 aliphatic rings. The third-order valence-corrected chi connectivity index (χ3v) is 4.69. The molecule has 1 N–H and O–H groups in total. The van der Waals surface area contributed by atoms with E-state index in [4.69, 9.17) is 9.47 Å². The third kappa shape index (κ3) is 5.73. The minimum absolute atomic E-state index is 0.166. The van der Waals surface area contributed by atoms with E-state index < -0.39 is 0 Å². The Labute approximate surface area is 177 Å². The van der Waals surface area contributed by atoms with E-state index in [1.165, 1.54) is 6.08 Å². The van der Waals surface area contributed by atoms with Gasteiger partial charge in [0.25, 0.3) is 0 Å². The van der Waals surface area contributed by atoms with Crippen molar-refractivity contribution < 1.29 is 14.3 Å². The first-order chi connectivity index (χ1) is 14.5. The van der Waals surface area contributed by atoms with Crippen molar-refractivity contribution >= 4 is 12.0 Å². The molecule has 156 valence electrons. The molecular weight excluding hydrogens is 378 g/mol. The molecular formula is C24H27N3O3. The van der Waals surface area contributed by atoms with E-state index in [1.807, 2.05) is 42.8 Å². The van der Waals surface area contributed by atoms with Gasteiger partial charge in [0.05, 0.1) is 26.5 Å². The van der Waals surface area contributed by atoms with Gasteiger partial charge >= 0.3 is 0 Å². The second-order valence-electron chi connectivity index (χ2n) is 7.10. The average molecular weight is 405 g/mol. The number of nitrogens with zero attached hydrogens (tertiary/aromatic N) is 2. The van der Waals surface area contributed by atoms with Gasteiger partial charge in [0.15, 0.2) is 0 Å². The number of amides is 1. The molecule has 0 aliphatic heterocycles. The number of carbonyl (C=O) groups is 1. The van der Waals surface area contributed by atoms with E-state index in [0.717, 1.165) is 28.1 Å². The highest BCUT2D eigenvalue weighted by Gasteiger charge is 2.04. The quantitative estimate of drug-likeness (QED) is 0.578. The molecule has 6 heteroatoms. The van der Waals surface area contributed by atoms with Gasteiger partial charge in [0.2, 0.25) is 5.91 Å². The molecule has 2 aromatic carbocycles. The maximum atomic E-state index is 12.2. The minimum atomic E-state index is -0.166. The second kappa shape index (κ2) is 9.78. The SMILES string of the molecule is COc1cc(/C=C/C(=O)NCc2cccc(Cn3nc(C)cc3C)c2)cc(OC)c1. The van der Waals surface area contributed by atoms with Crippen molar-refractivity contribution in [3.05, 3.63) is 82.7 Å². The summed E-state index contributed by atoms with van der Waals surface area (Å²) >= 11 is 0. The number of rotatable bonds is 8. The first kappa shape index (κ1) is 21.2. The zero-order valence-electron chi connectivity index (χ0n) is 17.8. The van der Waals surface area contributed by atoms with Crippen LogP contribution in [0.2, 0.25) is 0 Å². The summed E-state index contributed by atoms with van der Waals surface area (Å²) in [5.74, 6) is 1.18. The number of aryl methyl sites for hydroxylation is 2. The van der Waals surface area contributed by atoms with Crippen molar-refractivity contribution in [2.45, 2.75) is 26.9 Å². The van der Waals surface area contributed by atoms with Gasteiger partial charge < -0.3 is 14.8 Å². The van der Waals surface area contributed by atoms with Crippen LogP contribution in [0.15, 0.2) is 54.6 Å². The maximum Gasteiger partial charge on any atom is 0.244 e. The summed E-state index contributed by atoms with van der Waals surface area (Å²) < 4.78 is 12.5. The number of hydrogen-bond acceptors (Lipinski definition) is 4. The van der Waals surface area contributed by atoms with Gasteiger partial charge in [0.1, 0.15) is 11.5 Å². The monoisotopic (exact) mass is 405 g/mol. The van der Waals surface area contributed by atoms with Crippen LogP contribution < -0.4 is 14.8 Å². The molecule has 0 saturated carbocycles. The van der Waals surface area contributed by atoms with E-state index in [2.05, 4.69) is 28.6 Å². The summed E-state index contributed by atoms with van der Waals surface area (Å²) in [7, 11) is 3.19. The normalized spacial score (nSPS) is 10.9. The van der Waals surface area contributed by atoms with Crippen molar-refractivity contribution in [3.63, 3.8) is 0 Å². The molecule has 1 amide bonds. The maximum absolute atomic E-state index is 12.2. The van der Waals surface area contributed by atoms with Crippen LogP contribution in [0, 0.1) is 13.8 Å². The lowest BCUT2D eigenvalue weighted by Gasteiger charge is -2.08. The molecule has 1 aromatic heterocycles. The summed E-state index contributed by atoms with van der Waals surface area (Å²) in [6, 6.07) is 15.7. The third-order valence-electron chi connectivity index (χ3n) is 4.69. The van der Waals surface area contributed by atoms with Crippen molar-refractivity contribution in [2.75, 3.05) is 14.2 Å². The Balaban J connectivity index is 1.59. The Morgan fingerprint density at radius 3 is 2.37 bits per heavy atom. The lowest BCUT2D eigenvalue weighted by Crippen LogP contribution is -2.20. The highest BCUT2D eigenvalue weighted by molar-refractivity contribution is 5.91. The summed E-state index contributed by atoms with van der Waals surface area (Å²) in [6.07, 6.45) is 3.24. The molecule has 0 radical (unpaired) electrons. The predicted octanol–water partition coefficient (Wildman–Crippen LogP) is 3.90. The molecule has 6 nitrogen and oxygen atoms in total. The Bertz CT molecular complexity index is 1030. The number of nitrogens with one attached hydrogen (secondary N) is 1. The zero-order valence-corrected chi connectivity index (χ0v) is 17.8. The Hall–Kier alpha value is -3.54. The van der Waals surface area contributed by atoms with E-state index >= 15 is 0 Å². The number of aromatic nitrogens is 2. The van der Waals surface area contributed by atoms with Crippen molar-refractivity contribution in [3.8, 4) is 11.5 Å². The van der Waals surface area contributed by atoms with Gasteiger partial charge in [-0.3, -0.25) is 9.48 Å². The van der Waals surface area contributed by atoms with Crippen LogP contribution in [-0.2, 0) is 17.9 Å². The van der Waals surface area contributed by atoms with Crippen LogP contribution in [0.3, 0.4) is 0 Å². The van der Waals surface area contributed by atoms with Crippen molar-refractivity contribution in [2.24, 2.45) is 0 Å². The fraction of sp³-hybridized carbons (Fsp3) is 0.250. The predicted molar refractivity (Wildman–Crippen MR) is 118 cm³/mol.